The summed E-state index contributed by atoms with van der Waals surface area (Å²) in [5, 5.41) is 8.04. The number of aliphatic carboxylic acids is 1. The Morgan fingerprint density at radius 1 is 1.35 bits per heavy atom. The van der Waals surface area contributed by atoms with Crippen molar-refractivity contribution in [1.82, 2.24) is 0 Å². The number of aryl methyl sites for hydroxylation is 2. The van der Waals surface area contributed by atoms with Crippen molar-refractivity contribution in [1.29, 1.82) is 0 Å². The number of hydrogen-bond donors (Lipinski definition) is 1. The van der Waals surface area contributed by atoms with Gasteiger partial charge in [0.25, 0.3) is 0 Å². The van der Waals surface area contributed by atoms with E-state index in [1.165, 1.54) is 0 Å². The molecular formula is C12H14O4S. The second-order valence-electron chi connectivity index (χ2n) is 4.53. The van der Waals surface area contributed by atoms with Crippen LogP contribution < -0.4 is 0 Å². The molecule has 1 aliphatic carbocycles. The van der Waals surface area contributed by atoms with Crippen LogP contribution in [0.1, 0.15) is 17.5 Å². The van der Waals surface area contributed by atoms with Gasteiger partial charge in [0, 0.05) is 0 Å². The maximum absolute atomic E-state index is 12.2. The molecule has 1 aromatic carbocycles. The second kappa shape index (κ2) is 3.84. The first-order chi connectivity index (χ1) is 7.84. The Morgan fingerprint density at radius 2 is 2.00 bits per heavy atom. The number of hydrogen-bond acceptors (Lipinski definition) is 3. The van der Waals surface area contributed by atoms with Crippen molar-refractivity contribution in [2.75, 3.05) is 0 Å². The molecule has 1 N–H and O–H groups in total. The lowest BCUT2D eigenvalue weighted by atomic mass is 10.2. The largest absolute Gasteiger partial charge is 0.481 e. The quantitative estimate of drug-likeness (QED) is 0.888. The third-order valence-electron chi connectivity index (χ3n) is 3.10. The Bertz CT molecular complexity index is 574. The van der Waals surface area contributed by atoms with Crippen LogP contribution in [-0.4, -0.2) is 24.7 Å². The summed E-state index contributed by atoms with van der Waals surface area (Å²) >= 11 is 0. The predicted octanol–water partition coefficient (Wildman–Crippen LogP) is 1.55. The fourth-order valence-electron chi connectivity index (χ4n) is 1.95. The molecule has 5 heteroatoms. The SMILES string of the molecule is Cc1ccc(C)c(S(=O)(=O)C2CC2C(=O)O)c1. The number of sulfone groups is 1. The molecule has 1 fully saturated rings. The zero-order chi connectivity index (χ0) is 12.8. The minimum atomic E-state index is -3.49. The minimum Gasteiger partial charge on any atom is -0.481 e. The third-order valence-corrected chi connectivity index (χ3v) is 5.47. The normalized spacial score (nSPS) is 23.4. The maximum atomic E-state index is 12.2. The van der Waals surface area contributed by atoms with Crippen molar-refractivity contribution in [3.05, 3.63) is 29.3 Å². The van der Waals surface area contributed by atoms with E-state index in [0.717, 1.165) is 5.56 Å². The fourth-order valence-corrected chi connectivity index (χ4v) is 4.15. The molecule has 2 atom stereocenters. The molecule has 0 spiro atoms. The van der Waals surface area contributed by atoms with Gasteiger partial charge in [-0.15, -0.1) is 0 Å². The van der Waals surface area contributed by atoms with Crippen LogP contribution in [0.25, 0.3) is 0 Å². The number of rotatable bonds is 3. The highest BCUT2D eigenvalue weighted by Gasteiger charge is 2.52. The summed E-state index contributed by atoms with van der Waals surface area (Å²) < 4.78 is 24.4. The average Bonchev–Trinajstić information content (AvgIpc) is 3.01. The van der Waals surface area contributed by atoms with Crippen molar-refractivity contribution in [3.8, 4) is 0 Å². The summed E-state index contributed by atoms with van der Waals surface area (Å²) in [5.41, 5.74) is 1.54. The standard InChI is InChI=1S/C12H14O4S/c1-7-3-4-8(2)10(5-7)17(15,16)11-6-9(11)12(13)14/h3-5,9,11H,6H2,1-2H3,(H,13,14). The number of carboxylic acids is 1. The second-order valence-corrected chi connectivity index (χ2v) is 6.67. The molecule has 92 valence electrons. The summed E-state index contributed by atoms with van der Waals surface area (Å²) in [6, 6.07) is 5.21. The molecule has 1 saturated carbocycles. The van der Waals surface area contributed by atoms with E-state index in [0.29, 0.717) is 5.56 Å². The van der Waals surface area contributed by atoms with E-state index in [1.807, 2.05) is 13.0 Å². The topological polar surface area (TPSA) is 71.4 Å². The number of benzene rings is 1. The van der Waals surface area contributed by atoms with Crippen LogP contribution in [0.15, 0.2) is 23.1 Å². The number of carboxylic acid groups (broad SMARTS) is 1. The summed E-state index contributed by atoms with van der Waals surface area (Å²) in [5.74, 6) is -1.76. The van der Waals surface area contributed by atoms with Gasteiger partial charge in [0.1, 0.15) is 0 Å². The Balaban J connectivity index is 2.40. The first-order valence-corrected chi connectivity index (χ1v) is 6.92. The van der Waals surface area contributed by atoms with E-state index < -0.39 is 27.0 Å². The first kappa shape index (κ1) is 12.1. The first-order valence-electron chi connectivity index (χ1n) is 5.38. The van der Waals surface area contributed by atoms with Gasteiger partial charge in [-0.2, -0.15) is 0 Å². The lowest BCUT2D eigenvalue weighted by Gasteiger charge is -2.07. The van der Waals surface area contributed by atoms with Crippen molar-refractivity contribution < 1.29 is 18.3 Å². The monoisotopic (exact) mass is 254 g/mol. The molecule has 0 amide bonds. The van der Waals surface area contributed by atoms with Crippen molar-refractivity contribution >= 4 is 15.8 Å². The van der Waals surface area contributed by atoms with E-state index >= 15 is 0 Å². The van der Waals surface area contributed by atoms with Crippen LogP contribution in [0.2, 0.25) is 0 Å². The fraction of sp³-hybridized carbons (Fsp3) is 0.417. The molecule has 1 aromatic rings. The maximum Gasteiger partial charge on any atom is 0.307 e. The zero-order valence-electron chi connectivity index (χ0n) is 9.67. The van der Waals surface area contributed by atoms with Gasteiger partial charge in [-0.05, 0) is 37.5 Å². The molecule has 0 heterocycles. The molecule has 0 saturated heterocycles. The van der Waals surface area contributed by atoms with Crippen LogP contribution in [-0.2, 0) is 14.6 Å². The highest BCUT2D eigenvalue weighted by molar-refractivity contribution is 7.92. The molecule has 2 unspecified atom stereocenters. The van der Waals surface area contributed by atoms with Gasteiger partial charge in [0.15, 0.2) is 9.84 Å². The lowest BCUT2D eigenvalue weighted by Crippen LogP contribution is -2.14. The molecule has 17 heavy (non-hydrogen) atoms. The highest BCUT2D eigenvalue weighted by Crippen LogP contribution is 2.41. The van der Waals surface area contributed by atoms with E-state index in [1.54, 1.807) is 19.1 Å². The average molecular weight is 254 g/mol. The highest BCUT2D eigenvalue weighted by atomic mass is 32.2. The molecule has 0 bridgehead atoms. The molecule has 4 nitrogen and oxygen atoms in total. The predicted molar refractivity (Wildman–Crippen MR) is 62.6 cm³/mol. The van der Waals surface area contributed by atoms with Gasteiger partial charge in [-0.25, -0.2) is 8.42 Å². The van der Waals surface area contributed by atoms with Gasteiger partial charge in [-0.3, -0.25) is 4.79 Å². The summed E-state index contributed by atoms with van der Waals surface area (Å²) in [6.45, 7) is 3.55. The summed E-state index contributed by atoms with van der Waals surface area (Å²) in [4.78, 5) is 11.0. The van der Waals surface area contributed by atoms with Gasteiger partial charge in [0.05, 0.1) is 16.1 Å². The smallest absolute Gasteiger partial charge is 0.307 e. The summed E-state index contributed by atoms with van der Waals surface area (Å²) in [7, 11) is -3.49. The van der Waals surface area contributed by atoms with Crippen molar-refractivity contribution in [2.45, 2.75) is 30.4 Å². The van der Waals surface area contributed by atoms with Gasteiger partial charge < -0.3 is 5.11 Å². The minimum absolute atomic E-state index is 0.227. The van der Waals surface area contributed by atoms with Gasteiger partial charge >= 0.3 is 5.97 Å². The van der Waals surface area contributed by atoms with Crippen LogP contribution in [0, 0.1) is 19.8 Å². The van der Waals surface area contributed by atoms with Crippen LogP contribution in [0.4, 0.5) is 0 Å². The van der Waals surface area contributed by atoms with Gasteiger partial charge in [-0.1, -0.05) is 12.1 Å². The molecule has 0 aromatic heterocycles. The Hall–Kier alpha value is -1.36. The van der Waals surface area contributed by atoms with E-state index in [-0.39, 0.29) is 11.3 Å². The van der Waals surface area contributed by atoms with Crippen LogP contribution >= 0.6 is 0 Å². The zero-order valence-corrected chi connectivity index (χ0v) is 10.5. The lowest BCUT2D eigenvalue weighted by molar-refractivity contribution is -0.138. The summed E-state index contributed by atoms with van der Waals surface area (Å²) in [6.07, 6.45) is 0.227. The third kappa shape index (κ3) is 2.07. The van der Waals surface area contributed by atoms with Gasteiger partial charge in [0.2, 0.25) is 0 Å². The Labute approximate surface area is 100 Å². The molecule has 2 rings (SSSR count). The van der Waals surface area contributed by atoms with E-state index in [9.17, 15) is 13.2 Å². The number of carbonyl (C=O) groups is 1. The Morgan fingerprint density at radius 3 is 2.53 bits per heavy atom. The molecular weight excluding hydrogens is 240 g/mol. The Kier molecular flexibility index (Phi) is 2.73. The molecule has 0 aliphatic heterocycles. The molecule has 0 radical (unpaired) electrons. The molecule has 1 aliphatic rings. The van der Waals surface area contributed by atoms with Crippen LogP contribution in [0.3, 0.4) is 0 Å². The van der Waals surface area contributed by atoms with Crippen LogP contribution in [0.5, 0.6) is 0 Å². The van der Waals surface area contributed by atoms with E-state index in [4.69, 9.17) is 5.11 Å². The van der Waals surface area contributed by atoms with Crippen molar-refractivity contribution in [3.63, 3.8) is 0 Å². The van der Waals surface area contributed by atoms with Crippen molar-refractivity contribution in [2.24, 2.45) is 5.92 Å². The van der Waals surface area contributed by atoms with E-state index in [2.05, 4.69) is 0 Å².